The molecular weight excluding hydrogens is 412 g/mol. The van der Waals surface area contributed by atoms with Gasteiger partial charge in [0.15, 0.2) is 0 Å². The number of nitrogens with one attached hydrogen (secondary N) is 1. The number of rotatable bonds is 6. The normalized spacial score (nSPS) is 16.3. The summed E-state index contributed by atoms with van der Waals surface area (Å²) < 4.78 is 63.9. The summed E-state index contributed by atoms with van der Waals surface area (Å²) in [6.45, 7) is 2.70. The molecule has 5 nitrogen and oxygen atoms in total. The van der Waals surface area contributed by atoms with Gasteiger partial charge in [0.05, 0.1) is 16.7 Å². The Labute approximate surface area is 169 Å². The number of aromatic amines is 1. The van der Waals surface area contributed by atoms with Crippen molar-refractivity contribution in [3.63, 3.8) is 0 Å². The van der Waals surface area contributed by atoms with E-state index >= 15 is 0 Å². The van der Waals surface area contributed by atoms with Gasteiger partial charge in [0, 0.05) is 30.6 Å². The number of hydrogen-bond donors (Lipinski definition) is 1. The SMILES string of the molecule is CC(C)(COc1cc(F)c2c(=O)[nH]c(CSC3CCOCC3)nc2c1)C(F)(F)F. The van der Waals surface area contributed by atoms with Gasteiger partial charge in [-0.15, -0.1) is 0 Å². The number of halogens is 4. The van der Waals surface area contributed by atoms with Gasteiger partial charge >= 0.3 is 6.18 Å². The zero-order valence-corrected chi connectivity index (χ0v) is 16.9. The molecule has 10 heteroatoms. The molecule has 0 atom stereocenters. The second-order valence-corrected chi connectivity index (χ2v) is 8.89. The van der Waals surface area contributed by atoms with Crippen molar-refractivity contribution < 1.29 is 27.0 Å². The highest BCUT2D eigenvalue weighted by molar-refractivity contribution is 7.99. The summed E-state index contributed by atoms with van der Waals surface area (Å²) in [5, 5.41) is 0.146. The molecule has 0 saturated carbocycles. The van der Waals surface area contributed by atoms with Crippen LogP contribution in [-0.4, -0.2) is 41.2 Å². The summed E-state index contributed by atoms with van der Waals surface area (Å²) in [6.07, 6.45) is -2.65. The van der Waals surface area contributed by atoms with Gasteiger partial charge in [-0.1, -0.05) is 0 Å². The second kappa shape index (κ2) is 8.51. The second-order valence-electron chi connectivity index (χ2n) is 7.60. The number of alkyl halides is 3. The van der Waals surface area contributed by atoms with Crippen molar-refractivity contribution in [3.8, 4) is 5.75 Å². The van der Waals surface area contributed by atoms with Gasteiger partial charge in [0.2, 0.25) is 0 Å². The minimum absolute atomic E-state index is 0.0520. The van der Waals surface area contributed by atoms with Crippen LogP contribution in [0, 0.1) is 11.2 Å². The molecule has 1 aliphatic rings. The van der Waals surface area contributed by atoms with Gasteiger partial charge < -0.3 is 14.5 Å². The van der Waals surface area contributed by atoms with Crippen molar-refractivity contribution in [2.75, 3.05) is 19.8 Å². The van der Waals surface area contributed by atoms with Gasteiger partial charge in [-0.25, -0.2) is 9.37 Å². The van der Waals surface area contributed by atoms with Crippen LogP contribution in [0.3, 0.4) is 0 Å². The molecule has 0 unspecified atom stereocenters. The van der Waals surface area contributed by atoms with E-state index in [9.17, 15) is 22.4 Å². The highest BCUT2D eigenvalue weighted by Crippen LogP contribution is 2.38. The van der Waals surface area contributed by atoms with Crippen LogP contribution in [0.15, 0.2) is 16.9 Å². The molecule has 160 valence electrons. The summed E-state index contributed by atoms with van der Waals surface area (Å²) in [5.41, 5.74) is -2.68. The number of hydrogen-bond acceptors (Lipinski definition) is 5. The van der Waals surface area contributed by atoms with Crippen LogP contribution in [0.1, 0.15) is 32.5 Å². The summed E-state index contributed by atoms with van der Waals surface area (Å²) >= 11 is 1.63. The smallest absolute Gasteiger partial charge is 0.397 e. The fraction of sp³-hybridized carbons (Fsp3) is 0.579. The lowest BCUT2D eigenvalue weighted by molar-refractivity contribution is -0.219. The first-order valence-corrected chi connectivity index (χ1v) is 10.2. The predicted octanol–water partition coefficient (Wildman–Crippen LogP) is 4.44. The van der Waals surface area contributed by atoms with E-state index in [4.69, 9.17) is 9.47 Å². The number of benzene rings is 1. The molecule has 1 aromatic heterocycles. The maximum atomic E-state index is 14.4. The van der Waals surface area contributed by atoms with Crippen molar-refractivity contribution in [1.29, 1.82) is 0 Å². The molecule has 2 aromatic rings. The molecule has 1 N–H and O–H groups in total. The minimum atomic E-state index is -4.47. The summed E-state index contributed by atoms with van der Waals surface area (Å²) in [5.74, 6) is -0.178. The molecule has 1 saturated heterocycles. The molecule has 29 heavy (non-hydrogen) atoms. The molecule has 3 rings (SSSR count). The Morgan fingerprint density at radius 1 is 1.28 bits per heavy atom. The highest BCUT2D eigenvalue weighted by Gasteiger charge is 2.48. The molecule has 0 spiro atoms. The van der Waals surface area contributed by atoms with Crippen molar-refractivity contribution in [2.45, 2.75) is 43.9 Å². The first kappa shape index (κ1) is 21.9. The van der Waals surface area contributed by atoms with E-state index in [1.54, 1.807) is 11.8 Å². The molecule has 0 amide bonds. The fourth-order valence-corrected chi connectivity index (χ4v) is 3.84. The van der Waals surface area contributed by atoms with Crippen LogP contribution in [0.5, 0.6) is 5.75 Å². The molecule has 1 aliphatic heterocycles. The average Bonchev–Trinajstić information content (AvgIpc) is 2.64. The standard InChI is InChI=1S/C19H22F4N2O3S/c1-18(2,19(21,22)23)10-28-11-7-13(20)16-14(8-11)24-15(25-17(16)26)9-29-12-3-5-27-6-4-12/h7-8,12H,3-6,9-10H2,1-2H3,(H,24,25,26). The van der Waals surface area contributed by atoms with Crippen LogP contribution >= 0.6 is 11.8 Å². The van der Waals surface area contributed by atoms with Crippen LogP contribution in [0.25, 0.3) is 10.9 Å². The number of ether oxygens (including phenoxy) is 2. The summed E-state index contributed by atoms with van der Waals surface area (Å²) in [7, 11) is 0. The van der Waals surface area contributed by atoms with Gasteiger partial charge in [0.25, 0.3) is 5.56 Å². The zero-order valence-electron chi connectivity index (χ0n) is 16.1. The third-order valence-corrected chi connectivity index (χ3v) is 6.16. The van der Waals surface area contributed by atoms with Gasteiger partial charge in [-0.3, -0.25) is 4.79 Å². The molecule has 1 fully saturated rings. The maximum Gasteiger partial charge on any atom is 0.397 e. The largest absolute Gasteiger partial charge is 0.492 e. The third kappa shape index (κ3) is 5.22. The van der Waals surface area contributed by atoms with Gasteiger partial charge in [-0.05, 0) is 26.7 Å². The number of fused-ring (bicyclic) bond motifs is 1. The quantitative estimate of drug-likeness (QED) is 0.681. The van der Waals surface area contributed by atoms with E-state index in [1.807, 2.05) is 0 Å². The lowest BCUT2D eigenvalue weighted by atomic mass is 9.94. The summed E-state index contributed by atoms with van der Waals surface area (Å²) in [6, 6.07) is 2.20. The van der Waals surface area contributed by atoms with E-state index in [1.165, 1.54) is 6.07 Å². The molecule has 0 bridgehead atoms. The van der Waals surface area contributed by atoms with Crippen LogP contribution in [0.2, 0.25) is 0 Å². The Hall–Kier alpha value is -1.81. The van der Waals surface area contributed by atoms with Crippen LogP contribution in [-0.2, 0) is 10.5 Å². The van der Waals surface area contributed by atoms with Gasteiger partial charge in [-0.2, -0.15) is 24.9 Å². The minimum Gasteiger partial charge on any atom is -0.492 e. The number of nitrogens with zero attached hydrogens (tertiary/aromatic N) is 1. The summed E-state index contributed by atoms with van der Waals surface area (Å²) in [4.78, 5) is 19.1. The van der Waals surface area contributed by atoms with E-state index in [0.29, 0.717) is 30.0 Å². The Bertz CT molecular complexity index is 924. The molecule has 2 heterocycles. The molecule has 0 aliphatic carbocycles. The van der Waals surface area contributed by atoms with E-state index < -0.39 is 29.6 Å². The fourth-order valence-electron chi connectivity index (χ4n) is 2.78. The van der Waals surface area contributed by atoms with Crippen molar-refractivity contribution in [3.05, 3.63) is 34.1 Å². The van der Waals surface area contributed by atoms with Crippen molar-refractivity contribution >= 4 is 22.7 Å². The first-order chi connectivity index (χ1) is 13.6. The molecular formula is C19H22F4N2O3S. The third-order valence-electron chi connectivity index (χ3n) is 4.77. The average molecular weight is 434 g/mol. The Morgan fingerprint density at radius 2 is 1.97 bits per heavy atom. The Kier molecular flexibility index (Phi) is 6.42. The van der Waals surface area contributed by atoms with Crippen LogP contribution in [0.4, 0.5) is 17.6 Å². The monoisotopic (exact) mass is 434 g/mol. The highest BCUT2D eigenvalue weighted by atomic mass is 32.2. The number of H-pyrrole nitrogens is 1. The number of aromatic nitrogens is 2. The van der Waals surface area contributed by atoms with Gasteiger partial charge in [0.1, 0.15) is 29.4 Å². The van der Waals surface area contributed by atoms with E-state index in [0.717, 1.165) is 32.8 Å². The Morgan fingerprint density at radius 3 is 2.62 bits per heavy atom. The zero-order chi connectivity index (χ0) is 21.2. The lowest BCUT2D eigenvalue weighted by Crippen LogP contribution is -2.37. The van der Waals surface area contributed by atoms with Crippen LogP contribution < -0.4 is 10.3 Å². The lowest BCUT2D eigenvalue weighted by Gasteiger charge is -2.27. The van der Waals surface area contributed by atoms with E-state index in [-0.39, 0.29) is 16.7 Å². The number of thioether (sulfide) groups is 1. The topological polar surface area (TPSA) is 64.2 Å². The predicted molar refractivity (Wildman–Crippen MR) is 103 cm³/mol. The van der Waals surface area contributed by atoms with Crippen molar-refractivity contribution in [2.24, 2.45) is 5.41 Å². The Balaban J connectivity index is 1.80. The molecule has 1 aromatic carbocycles. The first-order valence-electron chi connectivity index (χ1n) is 9.18. The molecule has 0 radical (unpaired) electrons. The van der Waals surface area contributed by atoms with E-state index in [2.05, 4.69) is 9.97 Å². The maximum absolute atomic E-state index is 14.4. The van der Waals surface area contributed by atoms with Crippen molar-refractivity contribution in [1.82, 2.24) is 9.97 Å².